The van der Waals surface area contributed by atoms with Gasteiger partial charge >= 0.3 is 0 Å². The standard InChI is InChI=1S/C29H34N6O/c1-3-10-22(2)27-31-28(25-21-30-35(29(25)32-27)24-13-8-5-9-14-24)34-19-17-33(18-20-34)26(36)16-15-23-11-6-4-7-12-23/h4-9,11-14,21-22H,3,10,15-20H2,1-2H3/t22-/m0/s1. The van der Waals surface area contributed by atoms with Crippen LogP contribution < -0.4 is 4.90 Å². The number of piperazine rings is 1. The average Bonchev–Trinajstić information content (AvgIpc) is 3.37. The second kappa shape index (κ2) is 10.9. The summed E-state index contributed by atoms with van der Waals surface area (Å²) < 4.78 is 1.91. The highest BCUT2D eigenvalue weighted by Gasteiger charge is 2.26. The largest absolute Gasteiger partial charge is 0.352 e. The minimum atomic E-state index is 0.223. The number of carbonyl (C=O) groups excluding carboxylic acids is 1. The van der Waals surface area contributed by atoms with E-state index in [0.29, 0.717) is 19.5 Å². The lowest BCUT2D eigenvalue weighted by Gasteiger charge is -2.36. The fourth-order valence-electron chi connectivity index (χ4n) is 4.91. The molecule has 4 aromatic rings. The molecular weight excluding hydrogens is 448 g/mol. The van der Waals surface area contributed by atoms with Crippen molar-refractivity contribution in [3.05, 3.63) is 78.2 Å². The molecule has 7 heteroatoms. The summed E-state index contributed by atoms with van der Waals surface area (Å²) in [7, 11) is 0. The molecule has 1 amide bonds. The fraction of sp³-hybridized carbons (Fsp3) is 0.379. The molecule has 0 bridgehead atoms. The molecule has 36 heavy (non-hydrogen) atoms. The van der Waals surface area contributed by atoms with Crippen LogP contribution in [-0.4, -0.2) is 56.7 Å². The Balaban J connectivity index is 1.36. The van der Waals surface area contributed by atoms with Crippen molar-refractivity contribution >= 4 is 22.8 Å². The van der Waals surface area contributed by atoms with Gasteiger partial charge in [-0.25, -0.2) is 14.6 Å². The maximum absolute atomic E-state index is 12.9. The van der Waals surface area contributed by atoms with E-state index in [1.54, 1.807) is 0 Å². The number of aromatic nitrogens is 4. The number of anilines is 1. The Morgan fingerprint density at radius 1 is 0.944 bits per heavy atom. The first-order valence-electron chi connectivity index (χ1n) is 13.0. The van der Waals surface area contributed by atoms with Gasteiger partial charge in [-0.05, 0) is 30.5 Å². The summed E-state index contributed by atoms with van der Waals surface area (Å²) in [6, 6.07) is 20.3. The van der Waals surface area contributed by atoms with Crippen LogP contribution in [0.5, 0.6) is 0 Å². The van der Waals surface area contributed by atoms with E-state index in [9.17, 15) is 4.79 Å². The molecule has 1 aliphatic rings. The third-order valence-electron chi connectivity index (χ3n) is 6.99. The molecule has 0 N–H and O–H groups in total. The van der Waals surface area contributed by atoms with E-state index in [1.807, 2.05) is 64.3 Å². The number of benzene rings is 2. The summed E-state index contributed by atoms with van der Waals surface area (Å²) >= 11 is 0. The molecule has 0 saturated carbocycles. The molecule has 1 fully saturated rings. The van der Waals surface area contributed by atoms with Crippen LogP contribution in [0.25, 0.3) is 16.7 Å². The molecule has 3 heterocycles. The van der Waals surface area contributed by atoms with Crippen LogP contribution in [-0.2, 0) is 11.2 Å². The number of hydrogen-bond acceptors (Lipinski definition) is 5. The van der Waals surface area contributed by atoms with Gasteiger partial charge in [-0.3, -0.25) is 4.79 Å². The van der Waals surface area contributed by atoms with Crippen molar-refractivity contribution in [2.75, 3.05) is 31.1 Å². The zero-order valence-corrected chi connectivity index (χ0v) is 21.2. The lowest BCUT2D eigenvalue weighted by atomic mass is 10.1. The monoisotopic (exact) mass is 482 g/mol. The van der Waals surface area contributed by atoms with E-state index in [-0.39, 0.29) is 11.8 Å². The molecule has 2 aromatic carbocycles. The predicted octanol–water partition coefficient (Wildman–Crippen LogP) is 5.00. The Hall–Kier alpha value is -3.74. The summed E-state index contributed by atoms with van der Waals surface area (Å²) in [5.41, 5.74) is 3.03. The van der Waals surface area contributed by atoms with Crippen molar-refractivity contribution in [3.8, 4) is 5.69 Å². The number of amides is 1. The number of para-hydroxylation sites is 1. The maximum atomic E-state index is 12.9. The van der Waals surface area contributed by atoms with E-state index in [1.165, 1.54) is 5.56 Å². The van der Waals surface area contributed by atoms with Crippen molar-refractivity contribution in [2.45, 2.75) is 45.4 Å². The first-order valence-corrected chi connectivity index (χ1v) is 13.0. The molecule has 1 saturated heterocycles. The summed E-state index contributed by atoms with van der Waals surface area (Å²) in [4.78, 5) is 27.2. The molecule has 186 valence electrons. The van der Waals surface area contributed by atoms with E-state index in [0.717, 1.165) is 60.7 Å². The van der Waals surface area contributed by atoms with Gasteiger partial charge in [0.05, 0.1) is 17.3 Å². The van der Waals surface area contributed by atoms with Gasteiger partial charge < -0.3 is 9.80 Å². The molecule has 1 atom stereocenters. The van der Waals surface area contributed by atoms with Gasteiger partial charge in [0.15, 0.2) is 5.65 Å². The lowest BCUT2D eigenvalue weighted by molar-refractivity contribution is -0.131. The molecule has 2 aromatic heterocycles. The quantitative estimate of drug-likeness (QED) is 0.354. The highest BCUT2D eigenvalue weighted by atomic mass is 16.2. The highest BCUT2D eigenvalue weighted by Crippen LogP contribution is 2.29. The van der Waals surface area contributed by atoms with Crippen molar-refractivity contribution in [3.63, 3.8) is 0 Å². The molecule has 7 nitrogen and oxygen atoms in total. The SMILES string of the molecule is CCC[C@H](C)c1nc(N2CCN(C(=O)CCc3ccccc3)CC2)c2cnn(-c3ccccc3)c2n1. The number of rotatable bonds is 8. The summed E-state index contributed by atoms with van der Waals surface area (Å²) in [6.45, 7) is 7.29. The summed E-state index contributed by atoms with van der Waals surface area (Å²) in [6.07, 6.45) is 5.32. The summed E-state index contributed by atoms with van der Waals surface area (Å²) in [5, 5.41) is 5.64. The molecular formula is C29H34N6O. The van der Waals surface area contributed by atoms with Crippen LogP contribution in [0, 0.1) is 0 Å². The number of nitrogens with zero attached hydrogens (tertiary/aromatic N) is 6. The first kappa shape index (κ1) is 24.0. The number of fused-ring (bicyclic) bond motifs is 1. The molecule has 0 unspecified atom stereocenters. The third-order valence-corrected chi connectivity index (χ3v) is 6.99. The molecule has 0 spiro atoms. The van der Waals surface area contributed by atoms with Crippen molar-refractivity contribution < 1.29 is 4.79 Å². The normalized spacial score (nSPS) is 14.8. The van der Waals surface area contributed by atoms with Crippen molar-refractivity contribution in [1.82, 2.24) is 24.6 Å². The Morgan fingerprint density at radius 2 is 1.64 bits per heavy atom. The van der Waals surface area contributed by atoms with Gasteiger partial charge in [0.2, 0.25) is 5.91 Å². The van der Waals surface area contributed by atoms with E-state index >= 15 is 0 Å². The first-order chi connectivity index (χ1) is 17.6. The molecule has 0 radical (unpaired) electrons. The molecule has 1 aliphatic heterocycles. The number of carbonyl (C=O) groups is 1. The van der Waals surface area contributed by atoms with E-state index < -0.39 is 0 Å². The van der Waals surface area contributed by atoms with Gasteiger partial charge in [-0.15, -0.1) is 0 Å². The van der Waals surface area contributed by atoms with Crippen LogP contribution in [0.3, 0.4) is 0 Å². The second-order valence-electron chi connectivity index (χ2n) is 9.58. The minimum Gasteiger partial charge on any atom is -0.352 e. The highest BCUT2D eigenvalue weighted by molar-refractivity contribution is 5.88. The van der Waals surface area contributed by atoms with Gasteiger partial charge in [0.25, 0.3) is 0 Å². The van der Waals surface area contributed by atoms with Crippen molar-refractivity contribution in [1.29, 1.82) is 0 Å². The number of aryl methyl sites for hydroxylation is 1. The summed E-state index contributed by atoms with van der Waals surface area (Å²) in [5.74, 6) is 2.27. The Bertz CT molecular complexity index is 1300. The van der Waals surface area contributed by atoms with Crippen LogP contribution >= 0.6 is 0 Å². The average molecular weight is 483 g/mol. The Morgan fingerprint density at radius 3 is 2.33 bits per heavy atom. The van der Waals surface area contributed by atoms with Gasteiger partial charge in [0.1, 0.15) is 11.6 Å². The zero-order chi connectivity index (χ0) is 24.9. The minimum absolute atomic E-state index is 0.223. The zero-order valence-electron chi connectivity index (χ0n) is 21.2. The third kappa shape index (κ3) is 5.10. The van der Waals surface area contributed by atoms with Gasteiger partial charge in [0, 0.05) is 38.5 Å². The van der Waals surface area contributed by atoms with Crippen LogP contribution in [0.4, 0.5) is 5.82 Å². The number of hydrogen-bond donors (Lipinski definition) is 0. The predicted molar refractivity (Wildman–Crippen MR) is 144 cm³/mol. The fourth-order valence-corrected chi connectivity index (χ4v) is 4.91. The van der Waals surface area contributed by atoms with E-state index in [2.05, 4.69) is 36.0 Å². The van der Waals surface area contributed by atoms with Gasteiger partial charge in [-0.1, -0.05) is 68.8 Å². The Labute approximate surface area is 212 Å². The Kier molecular flexibility index (Phi) is 7.26. The molecule has 0 aliphatic carbocycles. The van der Waals surface area contributed by atoms with Crippen LogP contribution in [0.1, 0.15) is 50.4 Å². The second-order valence-corrected chi connectivity index (χ2v) is 9.58. The maximum Gasteiger partial charge on any atom is 0.223 e. The van der Waals surface area contributed by atoms with Gasteiger partial charge in [-0.2, -0.15) is 5.10 Å². The van der Waals surface area contributed by atoms with E-state index in [4.69, 9.17) is 9.97 Å². The van der Waals surface area contributed by atoms with Crippen molar-refractivity contribution in [2.24, 2.45) is 0 Å². The van der Waals surface area contributed by atoms with Crippen LogP contribution in [0.15, 0.2) is 66.9 Å². The van der Waals surface area contributed by atoms with Crippen LogP contribution in [0.2, 0.25) is 0 Å². The smallest absolute Gasteiger partial charge is 0.223 e. The molecule has 5 rings (SSSR count). The lowest BCUT2D eigenvalue weighted by Crippen LogP contribution is -2.49. The topological polar surface area (TPSA) is 67.2 Å².